The number of amides is 3. The molecule has 3 rings (SSSR count). The molecule has 0 heterocycles. The second-order valence-corrected chi connectivity index (χ2v) is 11.7. The molecule has 3 unspecified atom stereocenters. The Morgan fingerprint density at radius 1 is 1.07 bits per heavy atom. The van der Waals surface area contributed by atoms with E-state index in [2.05, 4.69) is 24.1 Å². The van der Waals surface area contributed by atoms with Crippen molar-refractivity contribution in [2.45, 2.75) is 103 Å². The summed E-state index contributed by atoms with van der Waals surface area (Å²) >= 11 is 0. The normalized spacial score (nSPS) is 15.6. The van der Waals surface area contributed by atoms with Gasteiger partial charge in [0.25, 0.3) is 0 Å². The molecule has 0 aliphatic heterocycles. The molecule has 7 nitrogen and oxygen atoms in total. The van der Waals surface area contributed by atoms with E-state index in [-0.39, 0.29) is 30.3 Å². The maximum absolute atomic E-state index is 14.5. The number of alkyl carbamates (subject to hydrolysis) is 1. The van der Waals surface area contributed by atoms with Crippen LogP contribution in [0.2, 0.25) is 0 Å². The molecule has 3 amide bonds. The molecule has 7 heteroatoms. The summed E-state index contributed by atoms with van der Waals surface area (Å²) in [4.78, 5) is 43.1. The molecule has 1 aliphatic carbocycles. The second kappa shape index (κ2) is 14.1. The van der Waals surface area contributed by atoms with Gasteiger partial charge in [0.15, 0.2) is 0 Å². The maximum atomic E-state index is 14.5. The van der Waals surface area contributed by atoms with E-state index >= 15 is 0 Å². The van der Waals surface area contributed by atoms with Gasteiger partial charge in [-0.15, -0.1) is 0 Å². The van der Waals surface area contributed by atoms with Gasteiger partial charge in [0.1, 0.15) is 17.7 Å². The molecule has 3 atom stereocenters. The van der Waals surface area contributed by atoms with E-state index in [0.717, 1.165) is 48.8 Å². The zero-order chi connectivity index (χ0) is 29.3. The van der Waals surface area contributed by atoms with E-state index in [1.54, 1.807) is 31.7 Å². The number of rotatable bonds is 12. The van der Waals surface area contributed by atoms with Gasteiger partial charge >= 0.3 is 6.09 Å². The minimum Gasteiger partial charge on any atom is -0.444 e. The summed E-state index contributed by atoms with van der Waals surface area (Å²) in [5.41, 5.74) is 1.76. The number of benzene rings is 2. The van der Waals surface area contributed by atoms with E-state index in [4.69, 9.17) is 4.74 Å². The van der Waals surface area contributed by atoms with Crippen LogP contribution in [0.1, 0.15) is 89.5 Å². The van der Waals surface area contributed by atoms with E-state index < -0.39 is 23.8 Å². The lowest BCUT2D eigenvalue weighted by Gasteiger charge is -2.44. The lowest BCUT2D eigenvalue weighted by atomic mass is 9.87. The lowest BCUT2D eigenvalue weighted by molar-refractivity contribution is -0.147. The highest BCUT2D eigenvalue weighted by atomic mass is 16.6. The molecule has 0 aromatic heterocycles. The van der Waals surface area contributed by atoms with E-state index in [9.17, 15) is 14.4 Å². The molecule has 216 valence electrons. The number of carbonyl (C=O) groups is 3. The summed E-state index contributed by atoms with van der Waals surface area (Å²) in [6.07, 6.45) is 5.68. The van der Waals surface area contributed by atoms with Crippen LogP contribution in [0.4, 0.5) is 4.79 Å². The summed E-state index contributed by atoms with van der Waals surface area (Å²) in [5, 5.41) is 5.98. The summed E-state index contributed by atoms with van der Waals surface area (Å²) in [6, 6.07) is 15.2. The quantitative estimate of drug-likeness (QED) is 0.332. The molecule has 0 radical (unpaired) electrons. The summed E-state index contributed by atoms with van der Waals surface area (Å²) in [7, 11) is 0. The Morgan fingerprint density at radius 2 is 1.77 bits per heavy atom. The largest absolute Gasteiger partial charge is 0.444 e. The first-order valence-electron chi connectivity index (χ1n) is 14.4. The maximum Gasteiger partial charge on any atom is 0.408 e. The molecule has 2 aromatic rings. The number of nitrogens with zero attached hydrogens (tertiary/aromatic N) is 1. The van der Waals surface area contributed by atoms with Crippen LogP contribution in [0.25, 0.3) is 6.08 Å². The Kier molecular flexibility index (Phi) is 10.9. The fourth-order valence-corrected chi connectivity index (χ4v) is 4.98. The zero-order valence-corrected chi connectivity index (χ0v) is 24.6. The van der Waals surface area contributed by atoms with Crippen molar-refractivity contribution in [3.05, 3.63) is 77.9 Å². The Balaban J connectivity index is 2.05. The summed E-state index contributed by atoms with van der Waals surface area (Å²) in [5.74, 6) is -0.523. The van der Waals surface area contributed by atoms with Gasteiger partial charge in [-0.3, -0.25) is 9.59 Å². The van der Waals surface area contributed by atoms with Crippen molar-refractivity contribution in [1.82, 2.24) is 15.5 Å². The highest BCUT2D eigenvalue weighted by Crippen LogP contribution is 2.34. The lowest BCUT2D eigenvalue weighted by Crippen LogP contribution is -2.58. The molecule has 2 N–H and O–H groups in total. The number of ether oxygens (including phenoxy) is 1. The van der Waals surface area contributed by atoms with Crippen molar-refractivity contribution in [2.24, 2.45) is 0 Å². The zero-order valence-electron chi connectivity index (χ0n) is 24.6. The van der Waals surface area contributed by atoms with E-state index in [1.807, 2.05) is 61.5 Å². The average Bonchev–Trinajstić information content (AvgIpc) is 2.86. The highest BCUT2D eigenvalue weighted by Gasteiger charge is 2.42. The number of hydrogen-bond acceptors (Lipinski definition) is 4. The fraction of sp³-hybridized carbons (Fsp3) is 0.485. The van der Waals surface area contributed by atoms with E-state index in [0.29, 0.717) is 0 Å². The van der Waals surface area contributed by atoms with Gasteiger partial charge in [0.05, 0.1) is 0 Å². The molecule has 2 aromatic carbocycles. The third kappa shape index (κ3) is 8.70. The Hall–Kier alpha value is -3.61. The van der Waals surface area contributed by atoms with Crippen LogP contribution in [0.5, 0.6) is 0 Å². The Morgan fingerprint density at radius 3 is 2.35 bits per heavy atom. The van der Waals surface area contributed by atoms with Crippen LogP contribution in [0.15, 0.2) is 61.2 Å². The molecule has 1 saturated carbocycles. The van der Waals surface area contributed by atoms with Gasteiger partial charge in [-0.25, -0.2) is 4.79 Å². The summed E-state index contributed by atoms with van der Waals surface area (Å²) < 4.78 is 5.53. The molecular weight excluding hydrogens is 502 g/mol. The van der Waals surface area contributed by atoms with Gasteiger partial charge in [-0.05, 0) is 76.1 Å². The smallest absolute Gasteiger partial charge is 0.408 e. The van der Waals surface area contributed by atoms with Crippen LogP contribution in [-0.4, -0.2) is 46.5 Å². The molecule has 1 aliphatic rings. The molecule has 1 fully saturated rings. The van der Waals surface area contributed by atoms with Gasteiger partial charge in [0.2, 0.25) is 11.8 Å². The fourth-order valence-electron chi connectivity index (χ4n) is 4.98. The third-order valence-corrected chi connectivity index (χ3v) is 7.09. The van der Waals surface area contributed by atoms with Gasteiger partial charge in [-0.2, -0.15) is 0 Å². The van der Waals surface area contributed by atoms with Crippen LogP contribution in [0, 0.1) is 0 Å². The van der Waals surface area contributed by atoms with Gasteiger partial charge in [0, 0.05) is 18.5 Å². The molecule has 40 heavy (non-hydrogen) atoms. The van der Waals surface area contributed by atoms with Crippen molar-refractivity contribution < 1.29 is 19.1 Å². The highest BCUT2D eigenvalue weighted by molar-refractivity contribution is 5.92. The van der Waals surface area contributed by atoms with Crippen LogP contribution < -0.4 is 10.6 Å². The van der Waals surface area contributed by atoms with Crippen molar-refractivity contribution >= 4 is 24.0 Å². The van der Waals surface area contributed by atoms with E-state index in [1.165, 1.54) is 0 Å². The second-order valence-electron chi connectivity index (χ2n) is 11.7. The van der Waals surface area contributed by atoms with Crippen LogP contribution in [-0.2, 0) is 20.7 Å². The molecular formula is C33H45N3O4. The third-order valence-electron chi connectivity index (χ3n) is 7.09. The van der Waals surface area contributed by atoms with Crippen LogP contribution >= 0.6 is 0 Å². The Labute approximate surface area is 239 Å². The minimum absolute atomic E-state index is 0.0408. The predicted octanol–water partition coefficient (Wildman–Crippen LogP) is 6.19. The molecule has 0 spiro atoms. The molecule has 0 saturated heterocycles. The van der Waals surface area contributed by atoms with Crippen molar-refractivity contribution in [3.63, 3.8) is 0 Å². The number of nitrogens with one attached hydrogen (secondary N) is 2. The van der Waals surface area contributed by atoms with Crippen molar-refractivity contribution in [3.8, 4) is 0 Å². The van der Waals surface area contributed by atoms with Gasteiger partial charge < -0.3 is 20.3 Å². The first-order chi connectivity index (χ1) is 19.0. The molecule has 0 bridgehead atoms. The van der Waals surface area contributed by atoms with Crippen LogP contribution in [0.3, 0.4) is 0 Å². The number of hydrogen-bond donors (Lipinski definition) is 2. The minimum atomic E-state index is -0.913. The average molecular weight is 548 g/mol. The standard InChI is InChI=1S/C33H45N3O4/c1-7-14-23(3)34-30(37)29(26-18-12-17-24(8-2)21-26)36(27-19-13-20-27)31(38)28(22-25-15-10-9-11-16-25)35-32(39)40-33(4,5)6/h8-12,15-18,21,23,27-29H,2,7,13-14,19-20,22H2,1,3-6H3,(H,34,37)(H,35,39). The first-order valence-corrected chi connectivity index (χ1v) is 14.4. The number of carbonyl (C=O) groups excluding carboxylic acids is 3. The SMILES string of the molecule is C=Cc1cccc(C(C(=O)NC(C)CCC)N(C(=O)C(Cc2ccccc2)NC(=O)OC(C)(C)C)C2CCC2)c1. The topological polar surface area (TPSA) is 87.7 Å². The monoisotopic (exact) mass is 547 g/mol. The van der Waals surface area contributed by atoms with Gasteiger partial charge in [-0.1, -0.05) is 74.5 Å². The predicted molar refractivity (Wildman–Crippen MR) is 160 cm³/mol. The Bertz CT molecular complexity index is 1150. The van der Waals surface area contributed by atoms with Crippen molar-refractivity contribution in [1.29, 1.82) is 0 Å². The first kappa shape index (κ1) is 30.9. The summed E-state index contributed by atoms with van der Waals surface area (Å²) in [6.45, 7) is 13.3. The van der Waals surface area contributed by atoms with Crippen molar-refractivity contribution in [2.75, 3.05) is 0 Å².